The van der Waals surface area contributed by atoms with Crippen LogP contribution in [0.4, 0.5) is 14.5 Å². The van der Waals surface area contributed by atoms with Gasteiger partial charge in [-0.2, -0.15) is 0 Å². The van der Waals surface area contributed by atoms with Gasteiger partial charge in [-0.15, -0.1) is 0 Å². The van der Waals surface area contributed by atoms with Crippen molar-refractivity contribution in [2.45, 2.75) is 6.54 Å². The van der Waals surface area contributed by atoms with Gasteiger partial charge in [0, 0.05) is 11.3 Å². The highest BCUT2D eigenvalue weighted by Gasteiger charge is 2.11. The van der Waals surface area contributed by atoms with E-state index in [1.54, 1.807) is 0 Å². The average Bonchev–Trinajstić information content (AvgIpc) is 2.98. The Bertz CT molecular complexity index is 738. The fourth-order valence-corrected chi connectivity index (χ4v) is 2.04. The van der Waals surface area contributed by atoms with Gasteiger partial charge in [-0.05, 0) is 24.3 Å². The molecular weight excluding hydrogens is 272 g/mol. The average molecular weight is 285 g/mol. The van der Waals surface area contributed by atoms with Crippen molar-refractivity contribution in [3.8, 4) is 11.3 Å². The summed E-state index contributed by atoms with van der Waals surface area (Å²) in [6, 6.07) is 13.7. The van der Waals surface area contributed by atoms with Crippen molar-refractivity contribution in [2.75, 3.05) is 5.32 Å². The molecule has 3 aromatic rings. The number of benzene rings is 2. The lowest BCUT2D eigenvalue weighted by Crippen LogP contribution is -2.00. The summed E-state index contributed by atoms with van der Waals surface area (Å²) < 4.78 is 26.9. The third-order valence-electron chi connectivity index (χ3n) is 3.10. The number of hydrogen-bond donors (Lipinski definition) is 2. The molecule has 1 aromatic heterocycles. The quantitative estimate of drug-likeness (QED) is 0.761. The molecule has 1 heterocycles. The third kappa shape index (κ3) is 2.91. The highest BCUT2D eigenvalue weighted by Crippen LogP contribution is 2.22. The molecule has 0 aliphatic rings. The van der Waals surface area contributed by atoms with E-state index in [0.29, 0.717) is 18.1 Å². The lowest BCUT2D eigenvalue weighted by molar-refractivity contribution is 0.511. The number of nitrogens with zero attached hydrogens (tertiary/aromatic N) is 1. The number of imidazole rings is 1. The van der Waals surface area contributed by atoms with Crippen LogP contribution in [-0.4, -0.2) is 9.97 Å². The Morgan fingerprint density at radius 1 is 1.00 bits per heavy atom. The Morgan fingerprint density at radius 3 is 2.62 bits per heavy atom. The van der Waals surface area contributed by atoms with E-state index in [1.807, 2.05) is 30.3 Å². The summed E-state index contributed by atoms with van der Waals surface area (Å²) in [6.07, 6.45) is 1.50. The van der Waals surface area contributed by atoms with E-state index in [2.05, 4.69) is 15.3 Å². The standard InChI is InChI=1S/C16H13F2N3/c17-13-8-4-7-12(16(13)18)14-9-20-15(21-14)10-19-11-5-2-1-3-6-11/h1-9,19H,10H2,(H,20,21). The van der Waals surface area contributed by atoms with Gasteiger partial charge in [0.15, 0.2) is 11.6 Å². The number of H-pyrrole nitrogens is 1. The number of nitrogens with one attached hydrogen (secondary N) is 2. The smallest absolute Gasteiger partial charge is 0.168 e. The summed E-state index contributed by atoms with van der Waals surface area (Å²) in [4.78, 5) is 7.16. The molecule has 2 aromatic carbocycles. The second kappa shape index (κ2) is 5.75. The van der Waals surface area contributed by atoms with E-state index in [4.69, 9.17) is 0 Å². The number of rotatable bonds is 4. The first-order valence-electron chi connectivity index (χ1n) is 6.51. The molecule has 0 aliphatic carbocycles. The van der Waals surface area contributed by atoms with E-state index in [9.17, 15) is 8.78 Å². The molecule has 0 atom stereocenters. The Morgan fingerprint density at radius 2 is 1.81 bits per heavy atom. The molecule has 0 saturated carbocycles. The molecule has 0 bridgehead atoms. The predicted octanol–water partition coefficient (Wildman–Crippen LogP) is 3.97. The highest BCUT2D eigenvalue weighted by molar-refractivity contribution is 5.59. The van der Waals surface area contributed by atoms with Gasteiger partial charge >= 0.3 is 0 Å². The van der Waals surface area contributed by atoms with E-state index < -0.39 is 11.6 Å². The lowest BCUT2D eigenvalue weighted by Gasteiger charge is -2.03. The van der Waals surface area contributed by atoms with Crippen LogP contribution in [0.25, 0.3) is 11.3 Å². The maximum Gasteiger partial charge on any atom is 0.168 e. The van der Waals surface area contributed by atoms with E-state index >= 15 is 0 Å². The van der Waals surface area contributed by atoms with Gasteiger partial charge in [-0.3, -0.25) is 0 Å². The van der Waals surface area contributed by atoms with Crippen molar-refractivity contribution in [3.63, 3.8) is 0 Å². The number of hydrogen-bond acceptors (Lipinski definition) is 2. The second-order valence-electron chi connectivity index (χ2n) is 4.56. The fraction of sp³-hybridized carbons (Fsp3) is 0.0625. The largest absolute Gasteiger partial charge is 0.378 e. The topological polar surface area (TPSA) is 40.7 Å². The molecule has 106 valence electrons. The molecule has 5 heteroatoms. The van der Waals surface area contributed by atoms with Crippen LogP contribution in [0.5, 0.6) is 0 Å². The van der Waals surface area contributed by atoms with Crippen molar-refractivity contribution < 1.29 is 8.78 Å². The summed E-state index contributed by atoms with van der Waals surface area (Å²) in [5.74, 6) is -1.09. The lowest BCUT2D eigenvalue weighted by atomic mass is 10.1. The van der Waals surface area contributed by atoms with Crippen molar-refractivity contribution in [3.05, 3.63) is 72.2 Å². The van der Waals surface area contributed by atoms with Crippen LogP contribution in [0.15, 0.2) is 54.7 Å². The third-order valence-corrected chi connectivity index (χ3v) is 3.10. The first kappa shape index (κ1) is 13.3. The molecule has 0 aliphatic heterocycles. The molecule has 0 saturated heterocycles. The summed E-state index contributed by atoms with van der Waals surface area (Å²) >= 11 is 0. The van der Waals surface area contributed by atoms with Gasteiger partial charge in [-0.1, -0.05) is 24.3 Å². The van der Waals surface area contributed by atoms with E-state index in [0.717, 1.165) is 11.8 Å². The first-order chi connectivity index (χ1) is 10.2. The summed E-state index contributed by atoms with van der Waals surface area (Å²) in [5, 5.41) is 3.19. The van der Waals surface area contributed by atoms with E-state index in [-0.39, 0.29) is 5.56 Å². The SMILES string of the molecule is Fc1cccc(-c2cnc(CNc3ccccc3)[nH]2)c1F. The van der Waals surface area contributed by atoms with Gasteiger partial charge in [0.25, 0.3) is 0 Å². The second-order valence-corrected chi connectivity index (χ2v) is 4.56. The zero-order valence-electron chi connectivity index (χ0n) is 11.1. The Balaban J connectivity index is 1.76. The highest BCUT2D eigenvalue weighted by atomic mass is 19.2. The van der Waals surface area contributed by atoms with E-state index in [1.165, 1.54) is 18.3 Å². The Hall–Kier alpha value is -2.69. The zero-order valence-corrected chi connectivity index (χ0v) is 11.1. The van der Waals surface area contributed by atoms with Gasteiger partial charge in [0.2, 0.25) is 0 Å². The van der Waals surface area contributed by atoms with Gasteiger partial charge in [0.05, 0.1) is 18.4 Å². The normalized spacial score (nSPS) is 10.6. The maximum atomic E-state index is 13.7. The van der Waals surface area contributed by atoms with Crippen molar-refractivity contribution in [1.29, 1.82) is 0 Å². The number of aromatic amines is 1. The van der Waals surface area contributed by atoms with Crippen molar-refractivity contribution in [1.82, 2.24) is 9.97 Å². The van der Waals surface area contributed by atoms with Crippen LogP contribution in [0, 0.1) is 11.6 Å². The minimum atomic E-state index is -0.872. The minimum absolute atomic E-state index is 0.175. The number of para-hydroxylation sites is 1. The van der Waals surface area contributed by atoms with Gasteiger partial charge in [0.1, 0.15) is 5.82 Å². The molecule has 0 radical (unpaired) electrons. The minimum Gasteiger partial charge on any atom is -0.378 e. The maximum absolute atomic E-state index is 13.7. The van der Waals surface area contributed by atoms with Crippen LogP contribution in [0.1, 0.15) is 5.82 Å². The van der Waals surface area contributed by atoms with Crippen LogP contribution in [-0.2, 0) is 6.54 Å². The number of aromatic nitrogens is 2. The fourth-order valence-electron chi connectivity index (χ4n) is 2.04. The summed E-state index contributed by atoms with van der Waals surface area (Å²) in [5.41, 5.74) is 1.60. The molecule has 0 amide bonds. The van der Waals surface area contributed by atoms with Crippen LogP contribution < -0.4 is 5.32 Å². The van der Waals surface area contributed by atoms with Crippen LogP contribution in [0.2, 0.25) is 0 Å². The molecule has 0 fully saturated rings. The van der Waals surface area contributed by atoms with Crippen molar-refractivity contribution >= 4 is 5.69 Å². The molecule has 0 spiro atoms. The molecule has 21 heavy (non-hydrogen) atoms. The van der Waals surface area contributed by atoms with Gasteiger partial charge < -0.3 is 10.3 Å². The molecular formula is C16H13F2N3. The number of anilines is 1. The predicted molar refractivity (Wildman–Crippen MR) is 77.7 cm³/mol. The summed E-state index contributed by atoms with van der Waals surface area (Å²) in [7, 11) is 0. The zero-order chi connectivity index (χ0) is 14.7. The monoisotopic (exact) mass is 285 g/mol. The first-order valence-corrected chi connectivity index (χ1v) is 6.51. The molecule has 2 N–H and O–H groups in total. The van der Waals surface area contributed by atoms with Crippen LogP contribution in [0.3, 0.4) is 0 Å². The van der Waals surface area contributed by atoms with Crippen LogP contribution >= 0.6 is 0 Å². The number of halogens is 2. The molecule has 0 unspecified atom stereocenters. The Labute approximate surface area is 120 Å². The molecule has 3 nitrogen and oxygen atoms in total. The molecule has 3 rings (SSSR count). The Kier molecular flexibility index (Phi) is 3.64. The van der Waals surface area contributed by atoms with Gasteiger partial charge in [-0.25, -0.2) is 13.8 Å². The summed E-state index contributed by atoms with van der Waals surface area (Å²) in [6.45, 7) is 0.473. The van der Waals surface area contributed by atoms with Crippen molar-refractivity contribution in [2.24, 2.45) is 0 Å².